The second-order valence-corrected chi connectivity index (χ2v) is 3.65. The zero-order valence-corrected chi connectivity index (χ0v) is 8.00. The van der Waals surface area contributed by atoms with Gasteiger partial charge >= 0.3 is 0 Å². The van der Waals surface area contributed by atoms with Crippen molar-refractivity contribution in [3.05, 3.63) is 28.8 Å². The number of aryl methyl sites for hydroxylation is 2. The Labute approximate surface area is 78.2 Å². The van der Waals surface area contributed by atoms with Gasteiger partial charge in [-0.3, -0.25) is 0 Å². The first-order chi connectivity index (χ1) is 6.18. The molecular weight excluding hydrogens is 164 g/mol. The minimum atomic E-state index is -0.343. The predicted molar refractivity (Wildman–Crippen MR) is 51.0 cm³/mol. The Hall–Kier alpha value is -1.02. The first-order valence-electron chi connectivity index (χ1n) is 4.60. The highest BCUT2D eigenvalue weighted by Crippen LogP contribution is 2.35. The molecule has 0 radical (unpaired) electrons. The Kier molecular flexibility index (Phi) is 2.00. The van der Waals surface area contributed by atoms with E-state index in [4.69, 9.17) is 4.74 Å². The summed E-state index contributed by atoms with van der Waals surface area (Å²) in [7, 11) is 0. The lowest BCUT2D eigenvalue weighted by Gasteiger charge is -2.24. The number of hydrogen-bond acceptors (Lipinski definition) is 2. The van der Waals surface area contributed by atoms with E-state index in [0.717, 1.165) is 16.9 Å². The van der Waals surface area contributed by atoms with Crippen LogP contribution in [0.15, 0.2) is 12.1 Å². The van der Waals surface area contributed by atoms with Crippen molar-refractivity contribution in [1.82, 2.24) is 0 Å². The molecule has 0 aromatic heterocycles. The zero-order valence-electron chi connectivity index (χ0n) is 8.00. The lowest BCUT2D eigenvalue weighted by molar-refractivity contribution is 0.114. The van der Waals surface area contributed by atoms with Gasteiger partial charge < -0.3 is 9.84 Å². The number of fused-ring (bicyclic) bond motifs is 1. The Bertz CT molecular complexity index is 331. The Morgan fingerprint density at radius 1 is 1.38 bits per heavy atom. The van der Waals surface area contributed by atoms with Crippen LogP contribution in [-0.2, 0) is 0 Å². The molecule has 1 N–H and O–H groups in total. The number of benzene rings is 1. The number of hydrogen-bond donors (Lipinski definition) is 1. The maximum Gasteiger partial charge on any atom is 0.125 e. The van der Waals surface area contributed by atoms with E-state index in [9.17, 15) is 5.11 Å². The first-order valence-corrected chi connectivity index (χ1v) is 4.60. The molecule has 1 aromatic rings. The molecule has 0 amide bonds. The summed E-state index contributed by atoms with van der Waals surface area (Å²) in [5.41, 5.74) is 3.28. The van der Waals surface area contributed by atoms with Gasteiger partial charge in [0.15, 0.2) is 0 Å². The van der Waals surface area contributed by atoms with E-state index in [1.54, 1.807) is 0 Å². The van der Waals surface area contributed by atoms with Crippen LogP contribution in [0, 0.1) is 13.8 Å². The molecule has 2 rings (SSSR count). The normalized spacial score (nSPS) is 20.7. The summed E-state index contributed by atoms with van der Waals surface area (Å²) in [4.78, 5) is 0. The van der Waals surface area contributed by atoms with Crippen molar-refractivity contribution in [3.8, 4) is 5.75 Å². The smallest absolute Gasteiger partial charge is 0.125 e. The number of aliphatic hydroxyl groups is 1. The Morgan fingerprint density at radius 3 is 2.92 bits per heavy atom. The van der Waals surface area contributed by atoms with Crippen molar-refractivity contribution in [2.45, 2.75) is 26.4 Å². The lowest BCUT2D eigenvalue weighted by Crippen LogP contribution is -2.15. The molecule has 2 nitrogen and oxygen atoms in total. The van der Waals surface area contributed by atoms with E-state index < -0.39 is 0 Å². The van der Waals surface area contributed by atoms with Gasteiger partial charge in [0.2, 0.25) is 0 Å². The van der Waals surface area contributed by atoms with E-state index in [2.05, 4.69) is 6.07 Å². The average Bonchev–Trinajstić information content (AvgIpc) is 2.02. The summed E-state index contributed by atoms with van der Waals surface area (Å²) in [6.07, 6.45) is 0.362. The molecule has 0 fully saturated rings. The van der Waals surface area contributed by atoms with Gasteiger partial charge in [-0.15, -0.1) is 0 Å². The summed E-state index contributed by atoms with van der Waals surface area (Å²) >= 11 is 0. The fourth-order valence-electron chi connectivity index (χ4n) is 1.91. The fourth-order valence-corrected chi connectivity index (χ4v) is 1.91. The maximum atomic E-state index is 9.75. The van der Waals surface area contributed by atoms with Crippen LogP contribution in [0.1, 0.15) is 29.2 Å². The maximum absolute atomic E-state index is 9.75. The molecule has 70 valence electrons. The van der Waals surface area contributed by atoms with Gasteiger partial charge in [-0.05, 0) is 31.0 Å². The van der Waals surface area contributed by atoms with E-state index in [-0.39, 0.29) is 6.10 Å². The van der Waals surface area contributed by atoms with Crippen LogP contribution in [-0.4, -0.2) is 11.7 Å². The van der Waals surface area contributed by atoms with Crippen LogP contribution in [0.25, 0.3) is 0 Å². The number of rotatable bonds is 0. The van der Waals surface area contributed by atoms with Gasteiger partial charge in [-0.25, -0.2) is 0 Å². The standard InChI is InChI=1S/C11H14O2/c1-7-5-8(2)11-9(12)3-4-13-10(11)6-7/h5-6,9,12H,3-4H2,1-2H3/t9-/m1/s1. The third-order valence-corrected chi connectivity index (χ3v) is 2.48. The third kappa shape index (κ3) is 1.42. The van der Waals surface area contributed by atoms with Crippen molar-refractivity contribution in [1.29, 1.82) is 0 Å². The van der Waals surface area contributed by atoms with Gasteiger partial charge in [0.1, 0.15) is 5.75 Å². The van der Waals surface area contributed by atoms with E-state index >= 15 is 0 Å². The largest absolute Gasteiger partial charge is 0.493 e. The molecule has 0 bridgehead atoms. The molecular formula is C11H14O2. The van der Waals surface area contributed by atoms with Crippen LogP contribution < -0.4 is 4.74 Å². The average molecular weight is 178 g/mol. The summed E-state index contributed by atoms with van der Waals surface area (Å²) in [6.45, 7) is 4.68. The monoisotopic (exact) mass is 178 g/mol. The summed E-state index contributed by atoms with van der Waals surface area (Å²) in [5.74, 6) is 0.858. The molecule has 1 heterocycles. The molecule has 1 aromatic carbocycles. The van der Waals surface area contributed by atoms with Crippen LogP contribution >= 0.6 is 0 Å². The van der Waals surface area contributed by atoms with Gasteiger partial charge in [-0.1, -0.05) is 6.07 Å². The molecule has 1 atom stereocenters. The minimum Gasteiger partial charge on any atom is -0.493 e. The quantitative estimate of drug-likeness (QED) is 0.659. The Balaban J connectivity index is 2.56. The topological polar surface area (TPSA) is 29.5 Å². The second kappa shape index (κ2) is 3.04. The van der Waals surface area contributed by atoms with Gasteiger partial charge in [-0.2, -0.15) is 0 Å². The molecule has 0 unspecified atom stereocenters. The molecule has 0 saturated heterocycles. The van der Waals surface area contributed by atoms with E-state index in [1.165, 1.54) is 5.56 Å². The highest BCUT2D eigenvalue weighted by atomic mass is 16.5. The van der Waals surface area contributed by atoms with Gasteiger partial charge in [0, 0.05) is 12.0 Å². The molecule has 2 heteroatoms. The summed E-state index contributed by atoms with van der Waals surface area (Å²) in [5, 5.41) is 9.75. The van der Waals surface area contributed by atoms with E-state index in [0.29, 0.717) is 13.0 Å². The zero-order chi connectivity index (χ0) is 9.42. The molecule has 0 aliphatic carbocycles. The van der Waals surface area contributed by atoms with E-state index in [1.807, 2.05) is 19.9 Å². The second-order valence-electron chi connectivity index (χ2n) is 3.65. The fraction of sp³-hybridized carbons (Fsp3) is 0.455. The van der Waals surface area contributed by atoms with Gasteiger partial charge in [0.25, 0.3) is 0 Å². The molecule has 0 spiro atoms. The summed E-state index contributed by atoms with van der Waals surface area (Å²) < 4.78 is 5.50. The van der Waals surface area contributed by atoms with Crippen molar-refractivity contribution >= 4 is 0 Å². The van der Waals surface area contributed by atoms with Gasteiger partial charge in [0.05, 0.1) is 12.7 Å². The molecule has 0 saturated carbocycles. The van der Waals surface area contributed by atoms with Crippen molar-refractivity contribution in [2.24, 2.45) is 0 Å². The van der Waals surface area contributed by atoms with Crippen molar-refractivity contribution < 1.29 is 9.84 Å². The van der Waals surface area contributed by atoms with Crippen molar-refractivity contribution in [2.75, 3.05) is 6.61 Å². The highest BCUT2D eigenvalue weighted by molar-refractivity contribution is 5.45. The SMILES string of the molecule is Cc1cc(C)c2c(c1)OCC[C@H]2O. The molecule has 13 heavy (non-hydrogen) atoms. The molecule has 1 aliphatic rings. The Morgan fingerprint density at radius 2 is 2.15 bits per heavy atom. The predicted octanol–water partition coefficient (Wildman–Crippen LogP) is 2.12. The summed E-state index contributed by atoms with van der Waals surface area (Å²) in [6, 6.07) is 4.07. The number of aliphatic hydroxyl groups excluding tert-OH is 1. The first kappa shape index (κ1) is 8.57. The van der Waals surface area contributed by atoms with Crippen LogP contribution in [0.2, 0.25) is 0 Å². The van der Waals surface area contributed by atoms with Crippen molar-refractivity contribution in [3.63, 3.8) is 0 Å². The molecule has 1 aliphatic heterocycles. The lowest BCUT2D eigenvalue weighted by atomic mass is 9.96. The highest BCUT2D eigenvalue weighted by Gasteiger charge is 2.21. The number of ether oxygens (including phenoxy) is 1. The van der Waals surface area contributed by atoms with Crippen LogP contribution in [0.5, 0.6) is 5.75 Å². The third-order valence-electron chi connectivity index (χ3n) is 2.48. The van der Waals surface area contributed by atoms with Crippen LogP contribution in [0.4, 0.5) is 0 Å². The minimum absolute atomic E-state index is 0.343. The van der Waals surface area contributed by atoms with Crippen LogP contribution in [0.3, 0.4) is 0 Å².